The van der Waals surface area contributed by atoms with Gasteiger partial charge in [0.2, 0.25) is 5.82 Å². The fourth-order valence-corrected chi connectivity index (χ4v) is 3.87. The van der Waals surface area contributed by atoms with Gasteiger partial charge in [0.1, 0.15) is 5.60 Å². The maximum atomic E-state index is 15.0. The van der Waals surface area contributed by atoms with Crippen LogP contribution in [0.4, 0.5) is 22.0 Å². The highest BCUT2D eigenvalue weighted by atomic mass is 19.2. The molecule has 0 saturated carbocycles. The van der Waals surface area contributed by atoms with Crippen LogP contribution in [0.15, 0.2) is 60.7 Å². The van der Waals surface area contributed by atoms with Crippen LogP contribution in [0.5, 0.6) is 0 Å². The van der Waals surface area contributed by atoms with Gasteiger partial charge in [-0.3, -0.25) is 0 Å². The van der Waals surface area contributed by atoms with Crippen LogP contribution in [0.25, 0.3) is 0 Å². The van der Waals surface area contributed by atoms with Crippen molar-refractivity contribution >= 4 is 0 Å². The predicted octanol–water partition coefficient (Wildman–Crippen LogP) is 5.70. The Morgan fingerprint density at radius 1 is 0.645 bits per heavy atom. The minimum atomic E-state index is -2.99. The summed E-state index contributed by atoms with van der Waals surface area (Å²) >= 11 is 0. The molecular formula is C24H21F5O2. The summed E-state index contributed by atoms with van der Waals surface area (Å²) < 4.78 is 71.9. The first-order valence-electron chi connectivity index (χ1n) is 9.77. The summed E-state index contributed by atoms with van der Waals surface area (Å²) in [4.78, 5) is 0. The normalized spacial score (nSPS) is 15.4. The van der Waals surface area contributed by atoms with E-state index in [0.29, 0.717) is 12.8 Å². The highest BCUT2D eigenvalue weighted by Gasteiger charge is 2.56. The number of benzene rings is 3. The summed E-state index contributed by atoms with van der Waals surface area (Å²) in [5.74, 6) is -11.1. The molecule has 0 bridgehead atoms. The molecule has 3 aromatic rings. The molecule has 0 aliphatic heterocycles. The van der Waals surface area contributed by atoms with Gasteiger partial charge in [-0.15, -0.1) is 0 Å². The predicted molar refractivity (Wildman–Crippen MR) is 106 cm³/mol. The van der Waals surface area contributed by atoms with E-state index in [1.54, 1.807) is 19.1 Å². The van der Waals surface area contributed by atoms with Gasteiger partial charge in [0.25, 0.3) is 0 Å². The summed E-state index contributed by atoms with van der Waals surface area (Å²) in [5, 5.41) is 23.7. The fourth-order valence-electron chi connectivity index (χ4n) is 3.87. The maximum absolute atomic E-state index is 15.0. The molecule has 3 rings (SSSR count). The lowest BCUT2D eigenvalue weighted by Gasteiger charge is -2.45. The quantitative estimate of drug-likeness (QED) is 0.284. The number of rotatable bonds is 7. The Morgan fingerprint density at radius 3 is 1.52 bits per heavy atom. The lowest BCUT2D eigenvalue weighted by molar-refractivity contribution is -0.149. The topological polar surface area (TPSA) is 40.5 Å². The van der Waals surface area contributed by atoms with Crippen LogP contribution in [0, 0.1) is 29.1 Å². The second-order valence-corrected chi connectivity index (χ2v) is 7.35. The molecule has 2 nitrogen and oxygen atoms in total. The lowest BCUT2D eigenvalue weighted by Crippen LogP contribution is -2.51. The molecule has 0 heterocycles. The molecule has 3 aromatic carbocycles. The zero-order valence-corrected chi connectivity index (χ0v) is 16.7. The van der Waals surface area contributed by atoms with Crippen molar-refractivity contribution in [2.24, 2.45) is 0 Å². The minimum Gasteiger partial charge on any atom is -0.381 e. The molecule has 0 fully saturated rings. The van der Waals surface area contributed by atoms with Gasteiger partial charge in [-0.25, -0.2) is 22.0 Å². The molecule has 31 heavy (non-hydrogen) atoms. The summed E-state index contributed by atoms with van der Waals surface area (Å²) in [6.45, 7) is 1.80. The van der Waals surface area contributed by atoms with Crippen molar-refractivity contribution in [3.05, 3.63) is 106 Å². The summed E-state index contributed by atoms with van der Waals surface area (Å²) in [6, 6.07) is 14.5. The van der Waals surface area contributed by atoms with E-state index in [1.807, 2.05) is 0 Å². The van der Waals surface area contributed by atoms with E-state index in [9.17, 15) is 32.2 Å². The van der Waals surface area contributed by atoms with Crippen LogP contribution in [0.2, 0.25) is 0 Å². The van der Waals surface area contributed by atoms with Crippen LogP contribution in [0.1, 0.15) is 42.9 Å². The SMILES string of the molecule is CCCC[C@](O)(c1ccccc1)[C@](O)(c1ccccc1)c1c(F)c(F)c(F)c(F)c1F. The zero-order chi connectivity index (χ0) is 22.8. The van der Waals surface area contributed by atoms with E-state index >= 15 is 0 Å². The largest absolute Gasteiger partial charge is 0.381 e. The molecule has 0 spiro atoms. The minimum absolute atomic E-state index is 0.0683. The summed E-state index contributed by atoms with van der Waals surface area (Å²) in [5.41, 5.74) is -7.06. The third kappa shape index (κ3) is 3.62. The van der Waals surface area contributed by atoms with Crippen molar-refractivity contribution in [2.45, 2.75) is 37.4 Å². The number of hydrogen-bond acceptors (Lipinski definition) is 2. The molecule has 2 N–H and O–H groups in total. The Bertz CT molecular complexity index is 1030. The van der Waals surface area contributed by atoms with E-state index < -0.39 is 45.9 Å². The van der Waals surface area contributed by atoms with Crippen molar-refractivity contribution in [3.8, 4) is 0 Å². The second kappa shape index (κ2) is 8.77. The van der Waals surface area contributed by atoms with E-state index in [-0.39, 0.29) is 17.5 Å². The van der Waals surface area contributed by atoms with Crippen molar-refractivity contribution in [3.63, 3.8) is 0 Å². The van der Waals surface area contributed by atoms with E-state index in [0.717, 1.165) is 0 Å². The molecule has 0 unspecified atom stereocenters. The smallest absolute Gasteiger partial charge is 0.200 e. The maximum Gasteiger partial charge on any atom is 0.200 e. The molecule has 0 radical (unpaired) electrons. The lowest BCUT2D eigenvalue weighted by atomic mass is 9.67. The monoisotopic (exact) mass is 436 g/mol. The van der Waals surface area contributed by atoms with Gasteiger partial charge in [0.15, 0.2) is 28.9 Å². The standard InChI is InChI=1S/C24H21F5O2/c1-2-3-14-23(30,15-10-6-4-7-11-15)24(31,16-12-8-5-9-13-16)17-18(25)20(27)22(29)21(28)19(17)26/h4-13,30-31H,2-3,14H2,1H3/t23-,24-/m0/s1. The van der Waals surface area contributed by atoms with Crippen molar-refractivity contribution < 1.29 is 32.2 Å². The number of unbranched alkanes of at least 4 members (excludes halogenated alkanes) is 1. The van der Waals surface area contributed by atoms with Crippen LogP contribution in [-0.2, 0) is 11.2 Å². The third-order valence-corrected chi connectivity index (χ3v) is 5.51. The molecular weight excluding hydrogens is 415 g/mol. The first-order chi connectivity index (χ1) is 14.7. The first kappa shape index (κ1) is 22.9. The van der Waals surface area contributed by atoms with Crippen LogP contribution in [0.3, 0.4) is 0 Å². The van der Waals surface area contributed by atoms with Crippen molar-refractivity contribution in [1.82, 2.24) is 0 Å². The zero-order valence-electron chi connectivity index (χ0n) is 16.7. The number of aliphatic hydroxyl groups is 2. The van der Waals surface area contributed by atoms with Crippen LogP contribution < -0.4 is 0 Å². The first-order valence-corrected chi connectivity index (χ1v) is 9.77. The van der Waals surface area contributed by atoms with Gasteiger partial charge in [0.05, 0.1) is 5.56 Å². The molecule has 7 heteroatoms. The molecule has 0 saturated heterocycles. The molecule has 0 aliphatic carbocycles. The molecule has 164 valence electrons. The van der Waals surface area contributed by atoms with Gasteiger partial charge in [-0.2, -0.15) is 0 Å². The van der Waals surface area contributed by atoms with Gasteiger partial charge < -0.3 is 10.2 Å². The highest BCUT2D eigenvalue weighted by molar-refractivity contribution is 5.45. The molecule has 2 atom stereocenters. The summed E-state index contributed by atoms with van der Waals surface area (Å²) in [6.07, 6.45) is 0.630. The van der Waals surface area contributed by atoms with E-state index in [1.165, 1.54) is 48.5 Å². The molecule has 0 aliphatic rings. The Labute approximate surface area is 176 Å². The third-order valence-electron chi connectivity index (χ3n) is 5.51. The second-order valence-electron chi connectivity index (χ2n) is 7.35. The average molecular weight is 436 g/mol. The van der Waals surface area contributed by atoms with Crippen molar-refractivity contribution in [1.29, 1.82) is 0 Å². The van der Waals surface area contributed by atoms with Crippen molar-refractivity contribution in [2.75, 3.05) is 0 Å². The Kier molecular flexibility index (Phi) is 6.48. The van der Waals surface area contributed by atoms with Gasteiger partial charge >= 0.3 is 0 Å². The molecule has 0 aromatic heterocycles. The van der Waals surface area contributed by atoms with E-state index in [2.05, 4.69) is 0 Å². The average Bonchev–Trinajstić information content (AvgIpc) is 2.80. The Morgan fingerprint density at radius 2 is 1.06 bits per heavy atom. The fraction of sp³-hybridized carbons (Fsp3) is 0.250. The number of halogens is 5. The Hall–Kier alpha value is -2.77. The van der Waals surface area contributed by atoms with E-state index in [4.69, 9.17) is 0 Å². The molecule has 0 amide bonds. The highest BCUT2D eigenvalue weighted by Crippen LogP contribution is 2.50. The Balaban J connectivity index is 2.47. The van der Waals surface area contributed by atoms with Crippen LogP contribution >= 0.6 is 0 Å². The summed E-state index contributed by atoms with van der Waals surface area (Å²) in [7, 11) is 0. The van der Waals surface area contributed by atoms with Crippen LogP contribution in [-0.4, -0.2) is 10.2 Å². The van der Waals surface area contributed by atoms with Gasteiger partial charge in [0, 0.05) is 0 Å². The van der Waals surface area contributed by atoms with Gasteiger partial charge in [-0.1, -0.05) is 80.4 Å². The van der Waals surface area contributed by atoms with Gasteiger partial charge in [-0.05, 0) is 17.5 Å². The number of hydrogen-bond donors (Lipinski definition) is 2.